The van der Waals surface area contributed by atoms with Gasteiger partial charge in [-0.15, -0.1) is 0 Å². The Kier molecular flexibility index (Phi) is 6.53. The summed E-state index contributed by atoms with van der Waals surface area (Å²) >= 11 is 0. The van der Waals surface area contributed by atoms with Gasteiger partial charge >= 0.3 is 0 Å². The van der Waals surface area contributed by atoms with E-state index in [1.807, 2.05) is 12.1 Å². The molecule has 0 radical (unpaired) electrons. The molecule has 0 atom stereocenters. The highest BCUT2D eigenvalue weighted by Crippen LogP contribution is 2.10. The van der Waals surface area contributed by atoms with E-state index in [0.717, 1.165) is 31.0 Å². The molecule has 0 saturated heterocycles. The number of nitrogens with one attached hydrogen (secondary N) is 1. The summed E-state index contributed by atoms with van der Waals surface area (Å²) in [5.74, 6) is 0.848. The Bertz CT molecular complexity index is 267. The molecule has 0 aliphatic carbocycles. The van der Waals surface area contributed by atoms with E-state index in [-0.39, 0.29) is 0 Å². The predicted octanol–water partition coefficient (Wildman–Crippen LogP) is 1.61. The summed E-state index contributed by atoms with van der Waals surface area (Å²) in [6, 6.07) is 3.82. The Hall–Kier alpha value is -1.13. The Morgan fingerprint density at radius 3 is 3.00 bits per heavy atom. The monoisotopic (exact) mass is 224 g/mol. The minimum atomic E-state index is 0.572. The van der Waals surface area contributed by atoms with Gasteiger partial charge in [0.1, 0.15) is 12.4 Å². The first-order chi connectivity index (χ1) is 7.86. The van der Waals surface area contributed by atoms with Crippen molar-refractivity contribution >= 4 is 0 Å². The van der Waals surface area contributed by atoms with E-state index in [2.05, 4.69) is 17.2 Å². The molecule has 1 rings (SSSR count). The van der Waals surface area contributed by atoms with Gasteiger partial charge in [-0.25, -0.2) is 0 Å². The summed E-state index contributed by atoms with van der Waals surface area (Å²) in [5.41, 5.74) is 1.00. The van der Waals surface area contributed by atoms with Gasteiger partial charge < -0.3 is 14.8 Å². The Balaban J connectivity index is 2.37. The van der Waals surface area contributed by atoms with Gasteiger partial charge in [-0.2, -0.15) is 0 Å². The molecule has 0 aromatic carbocycles. The molecule has 90 valence electrons. The van der Waals surface area contributed by atoms with Gasteiger partial charge in [0.05, 0.1) is 12.3 Å². The summed E-state index contributed by atoms with van der Waals surface area (Å²) in [5, 5.41) is 3.30. The molecule has 4 heteroatoms. The van der Waals surface area contributed by atoms with E-state index < -0.39 is 0 Å². The van der Waals surface area contributed by atoms with Crippen LogP contribution in [0.2, 0.25) is 0 Å². The topological polar surface area (TPSA) is 43.4 Å². The van der Waals surface area contributed by atoms with Gasteiger partial charge in [-0.3, -0.25) is 4.98 Å². The lowest BCUT2D eigenvalue weighted by Crippen LogP contribution is -2.14. The molecule has 1 aromatic rings. The molecule has 0 aliphatic heterocycles. The molecule has 0 unspecified atom stereocenters. The molecular formula is C12H20N2O2. The van der Waals surface area contributed by atoms with Crippen molar-refractivity contribution in [3.8, 4) is 5.75 Å². The van der Waals surface area contributed by atoms with Crippen molar-refractivity contribution < 1.29 is 9.47 Å². The van der Waals surface area contributed by atoms with Crippen molar-refractivity contribution in [2.75, 3.05) is 26.9 Å². The second-order valence-corrected chi connectivity index (χ2v) is 3.50. The maximum absolute atomic E-state index is 5.50. The van der Waals surface area contributed by atoms with Gasteiger partial charge in [0.15, 0.2) is 0 Å². The van der Waals surface area contributed by atoms with Crippen LogP contribution in [-0.2, 0) is 11.3 Å². The molecule has 0 bridgehead atoms. The van der Waals surface area contributed by atoms with Crippen LogP contribution in [0.1, 0.15) is 19.0 Å². The molecule has 4 nitrogen and oxygen atoms in total. The van der Waals surface area contributed by atoms with Crippen LogP contribution in [0.5, 0.6) is 5.75 Å². The average Bonchev–Trinajstić information content (AvgIpc) is 2.30. The molecule has 1 heterocycles. The second-order valence-electron chi connectivity index (χ2n) is 3.50. The number of nitrogens with zero attached hydrogens (tertiary/aromatic N) is 1. The fourth-order valence-electron chi connectivity index (χ4n) is 1.28. The standard InChI is InChI=1S/C12H20N2O2/c1-3-5-13-10-11-9-12(4-6-14-11)16-8-7-15-2/h4,6,9,13H,3,5,7-8,10H2,1-2H3. The van der Waals surface area contributed by atoms with Gasteiger partial charge in [0, 0.05) is 25.9 Å². The minimum absolute atomic E-state index is 0.572. The first-order valence-corrected chi connectivity index (χ1v) is 5.64. The number of methoxy groups -OCH3 is 1. The number of hydrogen-bond donors (Lipinski definition) is 1. The molecule has 0 amide bonds. The minimum Gasteiger partial charge on any atom is -0.491 e. The zero-order valence-corrected chi connectivity index (χ0v) is 10.0. The highest BCUT2D eigenvalue weighted by molar-refractivity contribution is 5.22. The molecule has 1 N–H and O–H groups in total. The van der Waals surface area contributed by atoms with E-state index in [4.69, 9.17) is 9.47 Å². The predicted molar refractivity (Wildman–Crippen MR) is 63.6 cm³/mol. The van der Waals surface area contributed by atoms with Crippen molar-refractivity contribution in [1.29, 1.82) is 0 Å². The van der Waals surface area contributed by atoms with Crippen LogP contribution in [0.25, 0.3) is 0 Å². The average molecular weight is 224 g/mol. The third-order valence-electron chi connectivity index (χ3n) is 2.08. The van der Waals surface area contributed by atoms with E-state index in [0.29, 0.717) is 13.2 Å². The van der Waals surface area contributed by atoms with Crippen molar-refractivity contribution in [2.24, 2.45) is 0 Å². The van der Waals surface area contributed by atoms with Crippen LogP contribution >= 0.6 is 0 Å². The van der Waals surface area contributed by atoms with Gasteiger partial charge in [0.25, 0.3) is 0 Å². The smallest absolute Gasteiger partial charge is 0.122 e. The number of pyridine rings is 1. The summed E-state index contributed by atoms with van der Waals surface area (Å²) in [6.45, 7) is 5.12. The van der Waals surface area contributed by atoms with Gasteiger partial charge in [-0.1, -0.05) is 6.92 Å². The lowest BCUT2D eigenvalue weighted by Gasteiger charge is -2.07. The summed E-state index contributed by atoms with van der Waals surface area (Å²) in [6.07, 6.45) is 2.90. The normalized spacial score (nSPS) is 10.4. The number of ether oxygens (including phenoxy) is 2. The van der Waals surface area contributed by atoms with Crippen molar-refractivity contribution in [3.63, 3.8) is 0 Å². The molecular weight excluding hydrogens is 204 g/mol. The molecule has 16 heavy (non-hydrogen) atoms. The largest absolute Gasteiger partial charge is 0.491 e. The van der Waals surface area contributed by atoms with Crippen LogP contribution in [0.15, 0.2) is 18.3 Å². The van der Waals surface area contributed by atoms with Crippen molar-refractivity contribution in [1.82, 2.24) is 10.3 Å². The SMILES string of the molecule is CCCNCc1cc(OCCOC)ccn1. The van der Waals surface area contributed by atoms with Crippen LogP contribution in [0.4, 0.5) is 0 Å². The van der Waals surface area contributed by atoms with E-state index in [9.17, 15) is 0 Å². The third-order valence-corrected chi connectivity index (χ3v) is 2.08. The van der Waals surface area contributed by atoms with Crippen LogP contribution < -0.4 is 10.1 Å². The number of aromatic nitrogens is 1. The number of rotatable bonds is 8. The van der Waals surface area contributed by atoms with Crippen LogP contribution in [0.3, 0.4) is 0 Å². The lowest BCUT2D eigenvalue weighted by atomic mass is 10.3. The molecule has 0 aliphatic rings. The quantitative estimate of drug-likeness (QED) is 0.681. The molecule has 0 spiro atoms. The molecule has 0 fully saturated rings. The van der Waals surface area contributed by atoms with Crippen LogP contribution in [-0.4, -0.2) is 31.9 Å². The highest BCUT2D eigenvalue weighted by Gasteiger charge is 1.97. The number of hydrogen-bond acceptors (Lipinski definition) is 4. The lowest BCUT2D eigenvalue weighted by molar-refractivity contribution is 0.146. The van der Waals surface area contributed by atoms with Crippen molar-refractivity contribution in [2.45, 2.75) is 19.9 Å². The van der Waals surface area contributed by atoms with E-state index in [1.165, 1.54) is 0 Å². The fraction of sp³-hybridized carbons (Fsp3) is 0.583. The van der Waals surface area contributed by atoms with E-state index in [1.54, 1.807) is 13.3 Å². The third kappa shape index (κ3) is 5.09. The zero-order valence-electron chi connectivity index (χ0n) is 10.0. The van der Waals surface area contributed by atoms with Crippen LogP contribution in [0, 0.1) is 0 Å². The summed E-state index contributed by atoms with van der Waals surface area (Å²) in [4.78, 5) is 4.27. The second kappa shape index (κ2) is 8.07. The van der Waals surface area contributed by atoms with Gasteiger partial charge in [-0.05, 0) is 19.0 Å². The van der Waals surface area contributed by atoms with E-state index >= 15 is 0 Å². The van der Waals surface area contributed by atoms with Crippen molar-refractivity contribution in [3.05, 3.63) is 24.0 Å². The Morgan fingerprint density at radius 1 is 1.38 bits per heavy atom. The first-order valence-electron chi connectivity index (χ1n) is 5.64. The zero-order chi connectivity index (χ0) is 11.6. The highest BCUT2D eigenvalue weighted by atomic mass is 16.5. The molecule has 0 saturated carbocycles. The maximum atomic E-state index is 5.50. The Morgan fingerprint density at radius 2 is 2.25 bits per heavy atom. The first kappa shape index (κ1) is 12.9. The fourth-order valence-corrected chi connectivity index (χ4v) is 1.28. The summed E-state index contributed by atoms with van der Waals surface area (Å²) < 4.78 is 10.4. The summed E-state index contributed by atoms with van der Waals surface area (Å²) in [7, 11) is 1.66. The van der Waals surface area contributed by atoms with Gasteiger partial charge in [0.2, 0.25) is 0 Å². The Labute approximate surface area is 97.0 Å². The molecule has 1 aromatic heterocycles. The maximum Gasteiger partial charge on any atom is 0.122 e.